The fraction of sp³-hybridized carbons (Fsp3) is 0.571. The summed E-state index contributed by atoms with van der Waals surface area (Å²) < 4.78 is 27.6. The first-order chi connectivity index (χ1) is 8.68. The van der Waals surface area contributed by atoms with Gasteiger partial charge in [-0.1, -0.05) is 39.0 Å². The van der Waals surface area contributed by atoms with Crippen LogP contribution in [0.25, 0.3) is 0 Å². The highest BCUT2D eigenvalue weighted by Gasteiger charge is 2.27. The number of hydrogen-bond donors (Lipinski definition) is 2. The van der Waals surface area contributed by atoms with Crippen LogP contribution in [0.4, 0.5) is 0 Å². The lowest BCUT2D eigenvalue weighted by Gasteiger charge is -2.28. The van der Waals surface area contributed by atoms with Crippen molar-refractivity contribution in [2.24, 2.45) is 5.41 Å². The van der Waals surface area contributed by atoms with Crippen molar-refractivity contribution in [3.63, 3.8) is 0 Å². The third-order valence-corrected chi connectivity index (χ3v) is 4.90. The minimum absolute atomic E-state index is 0.120. The zero-order valence-corrected chi connectivity index (χ0v) is 13.1. The second kappa shape index (κ2) is 6.03. The van der Waals surface area contributed by atoms with Crippen LogP contribution in [-0.4, -0.2) is 21.5 Å². The average Bonchev–Trinajstić information content (AvgIpc) is 2.28. The first-order valence-electron chi connectivity index (χ1n) is 6.43. The molecule has 1 rings (SSSR count). The van der Waals surface area contributed by atoms with Crippen molar-refractivity contribution in [2.75, 3.05) is 7.05 Å². The van der Waals surface area contributed by atoms with Crippen molar-refractivity contribution in [2.45, 2.75) is 45.2 Å². The maximum Gasteiger partial charge on any atom is 0.241 e. The summed E-state index contributed by atoms with van der Waals surface area (Å²) in [6.07, 6.45) is 0. The number of benzene rings is 1. The summed E-state index contributed by atoms with van der Waals surface area (Å²) in [6, 6.07) is 6.92. The van der Waals surface area contributed by atoms with Gasteiger partial charge in [-0.2, -0.15) is 0 Å². The van der Waals surface area contributed by atoms with Gasteiger partial charge in [0.05, 0.1) is 4.90 Å². The molecule has 19 heavy (non-hydrogen) atoms. The Hall–Kier alpha value is -0.910. The second-order valence-electron chi connectivity index (χ2n) is 5.85. The van der Waals surface area contributed by atoms with Gasteiger partial charge in [0.2, 0.25) is 10.0 Å². The zero-order chi connectivity index (χ0) is 14.7. The van der Waals surface area contributed by atoms with E-state index in [1.54, 1.807) is 19.2 Å². The van der Waals surface area contributed by atoms with Crippen molar-refractivity contribution < 1.29 is 8.42 Å². The summed E-state index contributed by atoms with van der Waals surface area (Å²) in [6.45, 7) is 8.46. The van der Waals surface area contributed by atoms with Crippen LogP contribution < -0.4 is 10.0 Å². The molecule has 2 N–H and O–H groups in total. The van der Waals surface area contributed by atoms with Gasteiger partial charge in [-0.15, -0.1) is 0 Å². The standard InChI is InChI=1S/C14H24N2O2S/c1-11(14(2,3)4)16-19(17,18)13-9-7-6-8-12(13)10-15-5/h6-9,11,15-16H,10H2,1-5H3. The highest BCUT2D eigenvalue weighted by atomic mass is 32.2. The molecule has 0 aliphatic rings. The minimum atomic E-state index is -3.49. The third-order valence-electron chi connectivity index (χ3n) is 3.26. The Bertz CT molecular complexity index is 518. The highest BCUT2D eigenvalue weighted by molar-refractivity contribution is 7.89. The van der Waals surface area contributed by atoms with E-state index in [9.17, 15) is 8.42 Å². The van der Waals surface area contributed by atoms with E-state index in [0.717, 1.165) is 5.56 Å². The van der Waals surface area contributed by atoms with Crippen LogP contribution in [0.3, 0.4) is 0 Å². The van der Waals surface area contributed by atoms with Gasteiger partial charge in [0, 0.05) is 12.6 Å². The molecule has 5 heteroatoms. The molecule has 0 aliphatic carbocycles. The van der Waals surface area contributed by atoms with Crippen LogP contribution >= 0.6 is 0 Å². The molecule has 0 aromatic heterocycles. The Morgan fingerprint density at radius 2 is 1.79 bits per heavy atom. The van der Waals surface area contributed by atoms with Crippen LogP contribution in [-0.2, 0) is 16.6 Å². The van der Waals surface area contributed by atoms with E-state index in [1.165, 1.54) is 0 Å². The van der Waals surface area contributed by atoms with Gasteiger partial charge in [0.25, 0.3) is 0 Å². The number of rotatable bonds is 5. The normalized spacial score (nSPS) is 14.4. The van der Waals surface area contributed by atoms with E-state index in [0.29, 0.717) is 11.4 Å². The molecule has 0 radical (unpaired) electrons. The first kappa shape index (κ1) is 16.1. The lowest BCUT2D eigenvalue weighted by molar-refractivity contribution is 0.317. The first-order valence-corrected chi connectivity index (χ1v) is 7.91. The summed E-state index contributed by atoms with van der Waals surface area (Å²) in [5, 5.41) is 2.99. The molecule has 1 aromatic carbocycles. The van der Waals surface area contributed by atoms with Crippen molar-refractivity contribution in [3.05, 3.63) is 29.8 Å². The van der Waals surface area contributed by atoms with Gasteiger partial charge in [-0.25, -0.2) is 13.1 Å². The molecule has 0 aliphatic heterocycles. The maximum atomic E-state index is 12.4. The molecular weight excluding hydrogens is 260 g/mol. The Kier molecular flexibility index (Phi) is 5.12. The summed E-state index contributed by atoms with van der Waals surface area (Å²) in [5.41, 5.74) is 0.656. The average molecular weight is 284 g/mol. The third kappa shape index (κ3) is 4.30. The molecule has 0 saturated carbocycles. The largest absolute Gasteiger partial charge is 0.316 e. The van der Waals surface area contributed by atoms with Gasteiger partial charge in [0.1, 0.15) is 0 Å². The van der Waals surface area contributed by atoms with E-state index in [-0.39, 0.29) is 11.5 Å². The maximum absolute atomic E-state index is 12.4. The molecule has 0 spiro atoms. The molecule has 1 aromatic rings. The Morgan fingerprint density at radius 3 is 2.32 bits per heavy atom. The molecule has 0 bridgehead atoms. The van der Waals surface area contributed by atoms with Crippen LogP contribution in [0.2, 0.25) is 0 Å². The van der Waals surface area contributed by atoms with E-state index < -0.39 is 10.0 Å². The molecule has 1 atom stereocenters. The van der Waals surface area contributed by atoms with Gasteiger partial charge >= 0.3 is 0 Å². The number of sulfonamides is 1. The van der Waals surface area contributed by atoms with Crippen molar-refractivity contribution in [1.82, 2.24) is 10.0 Å². The predicted molar refractivity (Wildman–Crippen MR) is 78.4 cm³/mol. The Labute approximate surface area is 116 Å². The molecule has 0 saturated heterocycles. The van der Waals surface area contributed by atoms with E-state index in [1.807, 2.05) is 39.8 Å². The molecular formula is C14H24N2O2S. The zero-order valence-electron chi connectivity index (χ0n) is 12.3. The summed E-state index contributed by atoms with van der Waals surface area (Å²) in [5.74, 6) is 0. The van der Waals surface area contributed by atoms with Gasteiger partial charge in [-0.05, 0) is 31.0 Å². The summed E-state index contributed by atoms with van der Waals surface area (Å²) in [7, 11) is -1.69. The molecule has 0 heterocycles. The van der Waals surface area contributed by atoms with Gasteiger partial charge in [0.15, 0.2) is 0 Å². The van der Waals surface area contributed by atoms with Crippen molar-refractivity contribution in [3.8, 4) is 0 Å². The molecule has 108 valence electrons. The second-order valence-corrected chi connectivity index (χ2v) is 7.53. The fourth-order valence-corrected chi connectivity index (χ4v) is 3.26. The number of nitrogens with one attached hydrogen (secondary N) is 2. The molecule has 0 fully saturated rings. The Morgan fingerprint density at radius 1 is 1.21 bits per heavy atom. The topological polar surface area (TPSA) is 58.2 Å². The fourth-order valence-electron chi connectivity index (χ4n) is 1.58. The number of hydrogen-bond acceptors (Lipinski definition) is 3. The SMILES string of the molecule is CNCc1ccccc1S(=O)(=O)NC(C)C(C)(C)C. The van der Waals surface area contributed by atoms with Crippen LogP contribution in [0, 0.1) is 5.41 Å². The summed E-state index contributed by atoms with van der Waals surface area (Å²) >= 11 is 0. The lowest BCUT2D eigenvalue weighted by Crippen LogP contribution is -2.41. The van der Waals surface area contributed by atoms with Crippen molar-refractivity contribution >= 4 is 10.0 Å². The van der Waals surface area contributed by atoms with Crippen LogP contribution in [0.5, 0.6) is 0 Å². The predicted octanol–water partition coefficient (Wildman–Crippen LogP) is 2.12. The minimum Gasteiger partial charge on any atom is -0.316 e. The van der Waals surface area contributed by atoms with Crippen LogP contribution in [0.15, 0.2) is 29.2 Å². The van der Waals surface area contributed by atoms with E-state index in [2.05, 4.69) is 10.0 Å². The Balaban J connectivity index is 3.07. The molecule has 1 unspecified atom stereocenters. The highest BCUT2D eigenvalue weighted by Crippen LogP contribution is 2.22. The van der Waals surface area contributed by atoms with Gasteiger partial charge < -0.3 is 5.32 Å². The quantitative estimate of drug-likeness (QED) is 0.871. The van der Waals surface area contributed by atoms with Crippen molar-refractivity contribution in [1.29, 1.82) is 0 Å². The monoisotopic (exact) mass is 284 g/mol. The van der Waals surface area contributed by atoms with Crippen LogP contribution in [0.1, 0.15) is 33.3 Å². The summed E-state index contributed by atoms with van der Waals surface area (Å²) in [4.78, 5) is 0.348. The smallest absolute Gasteiger partial charge is 0.241 e. The van der Waals surface area contributed by atoms with E-state index in [4.69, 9.17) is 0 Å². The lowest BCUT2D eigenvalue weighted by atomic mass is 9.89. The van der Waals surface area contributed by atoms with E-state index >= 15 is 0 Å². The molecule has 4 nitrogen and oxygen atoms in total. The van der Waals surface area contributed by atoms with Gasteiger partial charge in [-0.3, -0.25) is 0 Å². The molecule has 0 amide bonds.